The van der Waals surface area contributed by atoms with Crippen LogP contribution in [-0.4, -0.2) is 24.5 Å². The fourth-order valence-corrected chi connectivity index (χ4v) is 5.71. The summed E-state index contributed by atoms with van der Waals surface area (Å²) in [4.78, 5) is 18.9. The highest BCUT2D eigenvalue weighted by atomic mass is 15.0. The molecule has 5 aromatic carbocycles. The number of hydrogen-bond acceptors (Lipinski definition) is 4. The second-order valence-corrected chi connectivity index (χ2v) is 10.4. The number of fused-ring (bicyclic) bond motifs is 3. The lowest BCUT2D eigenvalue weighted by Crippen LogP contribution is -1.97. The third kappa shape index (κ3) is 4.53. The molecule has 8 aromatic rings. The van der Waals surface area contributed by atoms with E-state index in [4.69, 9.17) is 9.97 Å². The molecule has 0 aliphatic carbocycles. The Bertz CT molecular complexity index is 2170. The molecular formula is C38H25N5. The average Bonchev–Trinajstić information content (AvgIpc) is 3.43. The van der Waals surface area contributed by atoms with Gasteiger partial charge in [0.15, 0.2) is 11.6 Å². The molecule has 0 aliphatic heterocycles. The van der Waals surface area contributed by atoms with E-state index in [0.29, 0.717) is 11.6 Å². The number of para-hydroxylation sites is 2. The normalized spacial score (nSPS) is 11.3. The van der Waals surface area contributed by atoms with Crippen LogP contribution in [0.25, 0.3) is 72.8 Å². The molecule has 0 saturated carbocycles. The Morgan fingerprint density at radius 2 is 0.977 bits per heavy atom. The predicted octanol–water partition coefficient (Wildman–Crippen LogP) is 9.03. The Morgan fingerprint density at radius 3 is 1.67 bits per heavy atom. The van der Waals surface area contributed by atoms with Gasteiger partial charge in [-0.25, -0.2) is 19.9 Å². The molecule has 0 N–H and O–H groups in total. The number of rotatable bonds is 5. The van der Waals surface area contributed by atoms with Crippen molar-refractivity contribution in [2.45, 2.75) is 0 Å². The minimum absolute atomic E-state index is 0.681. The van der Waals surface area contributed by atoms with Crippen molar-refractivity contribution in [3.05, 3.63) is 152 Å². The molecule has 0 amide bonds. The maximum atomic E-state index is 5.03. The molecule has 43 heavy (non-hydrogen) atoms. The van der Waals surface area contributed by atoms with E-state index in [2.05, 4.69) is 106 Å². The van der Waals surface area contributed by atoms with Crippen molar-refractivity contribution in [1.82, 2.24) is 24.5 Å². The van der Waals surface area contributed by atoms with E-state index in [1.807, 2.05) is 48.5 Å². The molecule has 5 nitrogen and oxygen atoms in total. The first-order valence-corrected chi connectivity index (χ1v) is 14.2. The first-order chi connectivity index (χ1) is 21.3. The van der Waals surface area contributed by atoms with Crippen LogP contribution in [-0.2, 0) is 0 Å². The van der Waals surface area contributed by atoms with Gasteiger partial charge < -0.3 is 4.57 Å². The fraction of sp³-hybridized carbons (Fsp3) is 0. The Kier molecular flexibility index (Phi) is 6.05. The quantitative estimate of drug-likeness (QED) is 0.214. The van der Waals surface area contributed by atoms with Crippen molar-refractivity contribution in [3.63, 3.8) is 0 Å². The first-order valence-electron chi connectivity index (χ1n) is 14.2. The minimum Gasteiger partial charge on any atom is -0.309 e. The number of aromatic nitrogens is 5. The second kappa shape index (κ2) is 10.5. The zero-order valence-corrected chi connectivity index (χ0v) is 23.2. The van der Waals surface area contributed by atoms with Gasteiger partial charge in [-0.2, -0.15) is 0 Å². The molecule has 8 rings (SSSR count). The number of hydrogen-bond donors (Lipinski definition) is 0. The maximum absolute atomic E-state index is 5.03. The summed E-state index contributed by atoms with van der Waals surface area (Å²) in [5.41, 5.74) is 9.09. The zero-order valence-electron chi connectivity index (χ0n) is 23.2. The largest absolute Gasteiger partial charge is 0.309 e. The van der Waals surface area contributed by atoms with Crippen LogP contribution in [0.2, 0.25) is 0 Å². The molecule has 0 bridgehead atoms. The van der Waals surface area contributed by atoms with Gasteiger partial charge in [-0.1, -0.05) is 97.1 Å². The SMILES string of the molecule is c1ccc(-c2nc(-c3ccc(-n4c5ccccc5c5ccccc54)cc3)cc(-c3cccc(-c4ncccn4)c3)n2)cc1. The fourth-order valence-electron chi connectivity index (χ4n) is 5.71. The molecule has 0 spiro atoms. The Hall–Kier alpha value is -5.94. The topological polar surface area (TPSA) is 56.5 Å². The van der Waals surface area contributed by atoms with E-state index in [1.165, 1.54) is 21.8 Å². The summed E-state index contributed by atoms with van der Waals surface area (Å²) in [5.74, 6) is 1.36. The molecule has 3 heterocycles. The molecule has 5 heteroatoms. The van der Waals surface area contributed by atoms with Gasteiger partial charge in [0, 0.05) is 51.1 Å². The lowest BCUT2D eigenvalue weighted by Gasteiger charge is -2.12. The van der Waals surface area contributed by atoms with Gasteiger partial charge in [-0.15, -0.1) is 0 Å². The second-order valence-electron chi connectivity index (χ2n) is 10.4. The van der Waals surface area contributed by atoms with Crippen molar-refractivity contribution in [1.29, 1.82) is 0 Å². The van der Waals surface area contributed by atoms with E-state index in [9.17, 15) is 0 Å². The summed E-state index contributed by atoms with van der Waals surface area (Å²) < 4.78 is 2.33. The van der Waals surface area contributed by atoms with Gasteiger partial charge in [0.2, 0.25) is 0 Å². The van der Waals surface area contributed by atoms with E-state index < -0.39 is 0 Å². The van der Waals surface area contributed by atoms with Crippen molar-refractivity contribution >= 4 is 21.8 Å². The Morgan fingerprint density at radius 1 is 0.395 bits per heavy atom. The molecule has 3 aromatic heterocycles. The molecular weight excluding hydrogens is 526 g/mol. The Balaban J connectivity index is 1.25. The van der Waals surface area contributed by atoms with Gasteiger partial charge in [0.25, 0.3) is 0 Å². The predicted molar refractivity (Wildman–Crippen MR) is 174 cm³/mol. The third-order valence-corrected chi connectivity index (χ3v) is 7.74. The summed E-state index contributed by atoms with van der Waals surface area (Å²) in [6.45, 7) is 0. The van der Waals surface area contributed by atoms with Gasteiger partial charge in [0.05, 0.1) is 22.4 Å². The van der Waals surface area contributed by atoms with Gasteiger partial charge >= 0.3 is 0 Å². The maximum Gasteiger partial charge on any atom is 0.160 e. The standard InChI is InChI=1S/C38H25N5/c1-2-10-27(11-3-1)38-41-33(25-34(42-38)28-12-8-13-29(24-28)37-39-22-9-23-40-37)26-18-20-30(21-19-26)43-35-16-6-4-14-31(35)32-15-5-7-17-36(32)43/h1-25H. The van der Waals surface area contributed by atoms with Crippen LogP contribution in [0, 0.1) is 0 Å². The lowest BCUT2D eigenvalue weighted by molar-refractivity contribution is 1.17. The zero-order chi connectivity index (χ0) is 28.6. The molecule has 0 radical (unpaired) electrons. The van der Waals surface area contributed by atoms with E-state index in [0.717, 1.165) is 39.3 Å². The summed E-state index contributed by atoms with van der Waals surface area (Å²) in [6, 6.07) is 48.0. The van der Waals surface area contributed by atoms with Crippen LogP contribution in [0.4, 0.5) is 0 Å². The Labute approximate surface area is 248 Å². The van der Waals surface area contributed by atoms with Gasteiger partial charge in [-0.05, 0) is 42.5 Å². The van der Waals surface area contributed by atoms with Gasteiger partial charge in [0.1, 0.15) is 0 Å². The van der Waals surface area contributed by atoms with Crippen LogP contribution in [0.15, 0.2) is 152 Å². The highest BCUT2D eigenvalue weighted by Gasteiger charge is 2.14. The molecule has 0 saturated heterocycles. The molecule has 0 fully saturated rings. The minimum atomic E-state index is 0.681. The highest BCUT2D eigenvalue weighted by Crippen LogP contribution is 2.33. The van der Waals surface area contributed by atoms with Crippen LogP contribution >= 0.6 is 0 Å². The average molecular weight is 552 g/mol. The smallest absolute Gasteiger partial charge is 0.160 e. The van der Waals surface area contributed by atoms with Crippen LogP contribution < -0.4 is 0 Å². The summed E-state index contributed by atoms with van der Waals surface area (Å²) in [6.07, 6.45) is 3.52. The highest BCUT2D eigenvalue weighted by molar-refractivity contribution is 6.09. The van der Waals surface area contributed by atoms with E-state index in [-0.39, 0.29) is 0 Å². The number of benzene rings is 5. The summed E-state index contributed by atoms with van der Waals surface area (Å²) in [5, 5.41) is 2.50. The summed E-state index contributed by atoms with van der Waals surface area (Å²) >= 11 is 0. The molecule has 0 unspecified atom stereocenters. The van der Waals surface area contributed by atoms with Crippen molar-refractivity contribution in [2.24, 2.45) is 0 Å². The summed E-state index contributed by atoms with van der Waals surface area (Å²) in [7, 11) is 0. The lowest BCUT2D eigenvalue weighted by atomic mass is 10.0. The van der Waals surface area contributed by atoms with Crippen LogP contribution in [0.1, 0.15) is 0 Å². The monoisotopic (exact) mass is 551 g/mol. The molecule has 0 aliphatic rings. The van der Waals surface area contributed by atoms with Crippen molar-refractivity contribution < 1.29 is 0 Å². The van der Waals surface area contributed by atoms with E-state index in [1.54, 1.807) is 12.4 Å². The van der Waals surface area contributed by atoms with Gasteiger partial charge in [-0.3, -0.25) is 0 Å². The molecule has 202 valence electrons. The van der Waals surface area contributed by atoms with E-state index >= 15 is 0 Å². The van der Waals surface area contributed by atoms with Crippen LogP contribution in [0.3, 0.4) is 0 Å². The molecule has 0 atom stereocenters. The number of nitrogens with zero attached hydrogens (tertiary/aromatic N) is 5. The first kappa shape index (κ1) is 24.8. The van der Waals surface area contributed by atoms with Crippen LogP contribution in [0.5, 0.6) is 0 Å². The third-order valence-electron chi connectivity index (χ3n) is 7.74. The van der Waals surface area contributed by atoms with Crippen molar-refractivity contribution in [2.75, 3.05) is 0 Å². The van der Waals surface area contributed by atoms with Crippen molar-refractivity contribution in [3.8, 4) is 51.0 Å².